The summed E-state index contributed by atoms with van der Waals surface area (Å²) in [4.78, 5) is 31.1. The summed E-state index contributed by atoms with van der Waals surface area (Å²) in [6.07, 6.45) is 2.40. The van der Waals surface area contributed by atoms with Gasteiger partial charge in [0.15, 0.2) is 0 Å². The molecule has 0 bridgehead atoms. The maximum atomic E-state index is 12.7. The molecular formula is C22H32N4O3. The van der Waals surface area contributed by atoms with E-state index in [1.807, 2.05) is 50.1 Å². The summed E-state index contributed by atoms with van der Waals surface area (Å²) in [6, 6.07) is 7.74. The Hall–Kier alpha value is -2.41. The van der Waals surface area contributed by atoms with Crippen molar-refractivity contribution in [3.8, 4) is 0 Å². The highest BCUT2D eigenvalue weighted by Gasteiger charge is 2.28. The molecule has 1 fully saturated rings. The van der Waals surface area contributed by atoms with Crippen molar-refractivity contribution in [1.82, 2.24) is 19.8 Å². The highest BCUT2D eigenvalue weighted by Crippen LogP contribution is 2.17. The molecule has 0 unspecified atom stereocenters. The largest absolute Gasteiger partial charge is 0.391 e. The first-order chi connectivity index (χ1) is 13.9. The van der Waals surface area contributed by atoms with E-state index in [4.69, 9.17) is 0 Å². The van der Waals surface area contributed by atoms with Crippen LogP contribution in [0.1, 0.15) is 45.4 Å². The van der Waals surface area contributed by atoms with E-state index < -0.39 is 6.10 Å². The summed E-state index contributed by atoms with van der Waals surface area (Å²) in [5, 5.41) is 13.3. The van der Waals surface area contributed by atoms with Crippen LogP contribution in [0.3, 0.4) is 0 Å². The molecule has 0 aliphatic carbocycles. The van der Waals surface area contributed by atoms with Gasteiger partial charge in [-0.1, -0.05) is 26.0 Å². The Balaban J connectivity index is 1.50. The second-order valence-corrected chi connectivity index (χ2v) is 8.22. The van der Waals surface area contributed by atoms with E-state index in [0.717, 1.165) is 29.7 Å². The number of aryl methyl sites for hydroxylation is 2. The number of imidazole rings is 1. The lowest BCUT2D eigenvalue weighted by molar-refractivity contribution is -0.131. The molecule has 29 heavy (non-hydrogen) atoms. The first-order valence-corrected chi connectivity index (χ1v) is 10.5. The van der Waals surface area contributed by atoms with Crippen molar-refractivity contribution in [2.24, 2.45) is 13.0 Å². The van der Waals surface area contributed by atoms with E-state index in [-0.39, 0.29) is 23.8 Å². The smallest absolute Gasteiger partial charge is 0.222 e. The van der Waals surface area contributed by atoms with Crippen molar-refractivity contribution >= 4 is 22.8 Å². The van der Waals surface area contributed by atoms with Gasteiger partial charge in [-0.05, 0) is 31.4 Å². The zero-order chi connectivity index (χ0) is 21.0. The predicted molar refractivity (Wildman–Crippen MR) is 112 cm³/mol. The minimum atomic E-state index is -0.615. The van der Waals surface area contributed by atoms with Gasteiger partial charge in [-0.25, -0.2) is 4.98 Å². The Morgan fingerprint density at radius 1 is 1.24 bits per heavy atom. The molecule has 1 aromatic heterocycles. The summed E-state index contributed by atoms with van der Waals surface area (Å²) in [7, 11) is 2.01. The monoisotopic (exact) mass is 400 g/mol. The molecule has 158 valence electrons. The molecule has 1 aromatic carbocycles. The number of amides is 2. The minimum absolute atomic E-state index is 0.0590. The molecule has 1 aliphatic rings. The Morgan fingerprint density at radius 3 is 2.69 bits per heavy atom. The van der Waals surface area contributed by atoms with Gasteiger partial charge in [0.05, 0.1) is 23.2 Å². The number of hydrogen-bond donors (Lipinski definition) is 2. The average Bonchev–Trinajstić information content (AvgIpc) is 2.90. The molecule has 2 atom stereocenters. The standard InChI is InChI=1S/C22H32N4O3/c1-15(2)22(29)24-17-11-13-26(14-12-19(17)27)21(28)10-6-9-20-23-16-7-4-5-8-18(16)25(20)3/h4-5,7-8,15,17,19,27H,6,9-14H2,1-3H3,(H,24,29)/t17-,19-/m0/s1. The number of benzene rings is 1. The fourth-order valence-corrected chi connectivity index (χ4v) is 3.83. The molecule has 2 aromatic rings. The molecule has 1 saturated heterocycles. The number of rotatable bonds is 6. The first-order valence-electron chi connectivity index (χ1n) is 10.5. The summed E-state index contributed by atoms with van der Waals surface area (Å²) in [5.41, 5.74) is 2.08. The molecule has 0 saturated carbocycles. The third kappa shape index (κ3) is 5.15. The Kier molecular flexibility index (Phi) is 6.90. The summed E-state index contributed by atoms with van der Waals surface area (Å²) >= 11 is 0. The fourth-order valence-electron chi connectivity index (χ4n) is 3.83. The van der Waals surface area contributed by atoms with Crippen LogP contribution in [0.25, 0.3) is 11.0 Å². The highest BCUT2D eigenvalue weighted by molar-refractivity contribution is 5.78. The van der Waals surface area contributed by atoms with Crippen LogP contribution in [0, 0.1) is 5.92 Å². The van der Waals surface area contributed by atoms with Gasteiger partial charge in [-0.15, -0.1) is 0 Å². The van der Waals surface area contributed by atoms with Crippen molar-refractivity contribution in [3.63, 3.8) is 0 Å². The molecular weight excluding hydrogens is 368 g/mol. The van der Waals surface area contributed by atoms with Gasteiger partial charge in [-0.2, -0.15) is 0 Å². The number of para-hydroxylation sites is 2. The average molecular weight is 401 g/mol. The number of aromatic nitrogens is 2. The van der Waals surface area contributed by atoms with Gasteiger partial charge in [0.2, 0.25) is 11.8 Å². The summed E-state index contributed by atoms with van der Waals surface area (Å²) < 4.78 is 2.09. The van der Waals surface area contributed by atoms with Crippen LogP contribution in [0.2, 0.25) is 0 Å². The third-order valence-electron chi connectivity index (χ3n) is 5.74. The van der Waals surface area contributed by atoms with Crippen LogP contribution >= 0.6 is 0 Å². The van der Waals surface area contributed by atoms with Crippen LogP contribution in [0.15, 0.2) is 24.3 Å². The fraction of sp³-hybridized carbons (Fsp3) is 0.591. The number of nitrogens with one attached hydrogen (secondary N) is 1. The Labute approximate surface area is 172 Å². The molecule has 3 rings (SSSR count). The number of nitrogens with zero attached hydrogens (tertiary/aromatic N) is 3. The molecule has 2 amide bonds. The SMILES string of the molecule is CC(C)C(=O)N[C@H]1CCN(C(=O)CCCc2nc3ccccc3n2C)CC[C@@H]1O. The number of hydrogen-bond acceptors (Lipinski definition) is 4. The molecule has 1 aliphatic heterocycles. The second kappa shape index (κ2) is 9.39. The van der Waals surface area contributed by atoms with Gasteiger partial charge in [-0.3, -0.25) is 9.59 Å². The first kappa shape index (κ1) is 21.3. The van der Waals surface area contributed by atoms with Crippen LogP contribution in [-0.2, 0) is 23.1 Å². The lowest BCUT2D eigenvalue weighted by Gasteiger charge is -2.22. The minimum Gasteiger partial charge on any atom is -0.391 e. The quantitative estimate of drug-likeness (QED) is 0.777. The lowest BCUT2D eigenvalue weighted by Crippen LogP contribution is -2.44. The Morgan fingerprint density at radius 2 is 1.97 bits per heavy atom. The van der Waals surface area contributed by atoms with Gasteiger partial charge in [0.1, 0.15) is 5.82 Å². The maximum Gasteiger partial charge on any atom is 0.222 e. The molecule has 7 heteroatoms. The van der Waals surface area contributed by atoms with Crippen molar-refractivity contribution in [2.75, 3.05) is 13.1 Å². The molecule has 2 heterocycles. The number of carbonyl (C=O) groups is 2. The molecule has 0 radical (unpaired) electrons. The van der Waals surface area contributed by atoms with E-state index >= 15 is 0 Å². The molecule has 7 nitrogen and oxygen atoms in total. The van der Waals surface area contributed by atoms with Crippen LogP contribution in [-0.4, -0.2) is 56.6 Å². The third-order valence-corrected chi connectivity index (χ3v) is 5.74. The lowest BCUT2D eigenvalue weighted by atomic mass is 10.1. The number of likely N-dealkylation sites (tertiary alicyclic amines) is 1. The number of carbonyl (C=O) groups excluding carboxylic acids is 2. The topological polar surface area (TPSA) is 87.5 Å². The molecule has 0 spiro atoms. The zero-order valence-corrected chi connectivity index (χ0v) is 17.6. The van der Waals surface area contributed by atoms with Crippen molar-refractivity contribution < 1.29 is 14.7 Å². The predicted octanol–water partition coefficient (Wildman–Crippen LogP) is 2.02. The van der Waals surface area contributed by atoms with E-state index in [1.54, 1.807) is 0 Å². The van der Waals surface area contributed by atoms with E-state index in [2.05, 4.69) is 14.9 Å². The van der Waals surface area contributed by atoms with Crippen LogP contribution < -0.4 is 5.32 Å². The second-order valence-electron chi connectivity index (χ2n) is 8.22. The number of aliphatic hydroxyl groups is 1. The summed E-state index contributed by atoms with van der Waals surface area (Å²) in [6.45, 7) is 4.75. The zero-order valence-electron chi connectivity index (χ0n) is 17.6. The van der Waals surface area contributed by atoms with E-state index in [0.29, 0.717) is 32.4 Å². The van der Waals surface area contributed by atoms with Gasteiger partial charge in [0, 0.05) is 38.9 Å². The van der Waals surface area contributed by atoms with Gasteiger partial charge in [0.25, 0.3) is 0 Å². The van der Waals surface area contributed by atoms with Crippen molar-refractivity contribution in [3.05, 3.63) is 30.1 Å². The van der Waals surface area contributed by atoms with Crippen LogP contribution in [0.4, 0.5) is 0 Å². The van der Waals surface area contributed by atoms with E-state index in [9.17, 15) is 14.7 Å². The molecule has 2 N–H and O–H groups in total. The van der Waals surface area contributed by atoms with Crippen molar-refractivity contribution in [2.45, 2.75) is 58.1 Å². The van der Waals surface area contributed by atoms with Gasteiger partial charge >= 0.3 is 0 Å². The van der Waals surface area contributed by atoms with Crippen molar-refractivity contribution in [1.29, 1.82) is 0 Å². The summed E-state index contributed by atoms with van der Waals surface area (Å²) in [5.74, 6) is 0.913. The number of fused-ring (bicyclic) bond motifs is 1. The maximum absolute atomic E-state index is 12.7. The highest BCUT2D eigenvalue weighted by atomic mass is 16.3. The van der Waals surface area contributed by atoms with Gasteiger partial charge < -0.3 is 19.9 Å². The number of aliphatic hydroxyl groups excluding tert-OH is 1. The normalized spacial score (nSPS) is 20.1. The van der Waals surface area contributed by atoms with Crippen LogP contribution in [0.5, 0.6) is 0 Å². The Bertz CT molecular complexity index is 861. The van der Waals surface area contributed by atoms with E-state index in [1.165, 1.54) is 0 Å².